The summed E-state index contributed by atoms with van der Waals surface area (Å²) in [5, 5.41) is 0. The quantitative estimate of drug-likeness (QED) is 0.525. The molecule has 0 atom stereocenters. The second-order valence-corrected chi connectivity index (χ2v) is 3.44. The van der Waals surface area contributed by atoms with E-state index in [9.17, 15) is 0 Å². The van der Waals surface area contributed by atoms with E-state index in [-0.39, 0.29) is 0 Å². The molecule has 0 aliphatic heterocycles. The highest BCUT2D eigenvalue weighted by molar-refractivity contribution is 4.97. The number of allylic oxidation sites excluding steroid dienone is 2. The van der Waals surface area contributed by atoms with Crippen molar-refractivity contribution >= 4 is 0 Å². The minimum Gasteiger partial charge on any atom is -0.0667 e. The molecule has 0 bridgehead atoms. The Morgan fingerprint density at radius 3 is 2.27 bits per heavy atom. The first-order valence-corrected chi connectivity index (χ1v) is 5.02. The van der Waals surface area contributed by atoms with Crippen LogP contribution in [0.15, 0.2) is 5.57 Å². The highest BCUT2D eigenvalue weighted by atomic mass is 14.1. The van der Waals surface area contributed by atoms with Crippen molar-refractivity contribution in [2.45, 2.75) is 58.3 Å². The molecule has 0 saturated heterocycles. The van der Waals surface area contributed by atoms with Crippen LogP contribution in [0.3, 0.4) is 0 Å². The lowest BCUT2D eigenvalue weighted by atomic mass is 10.1. The van der Waals surface area contributed by atoms with Crippen molar-refractivity contribution in [2.75, 3.05) is 0 Å². The maximum absolute atomic E-state index is 3.53. The Kier molecular flexibility index (Phi) is 4.33. The number of hydrogen-bond donors (Lipinski definition) is 0. The summed E-state index contributed by atoms with van der Waals surface area (Å²) in [5.74, 6) is 0. The lowest BCUT2D eigenvalue weighted by Crippen LogP contribution is -1.81. The van der Waals surface area contributed by atoms with Crippen LogP contribution in [0.1, 0.15) is 58.3 Å². The first kappa shape index (κ1) is 8.83. The van der Waals surface area contributed by atoms with E-state index in [0.717, 1.165) is 0 Å². The zero-order valence-corrected chi connectivity index (χ0v) is 7.66. The second-order valence-electron chi connectivity index (χ2n) is 3.44. The highest BCUT2D eigenvalue weighted by Gasteiger charge is 2.02. The van der Waals surface area contributed by atoms with Crippen LogP contribution in [0.25, 0.3) is 0 Å². The molecule has 1 radical (unpaired) electrons. The van der Waals surface area contributed by atoms with Gasteiger partial charge in [0.25, 0.3) is 0 Å². The van der Waals surface area contributed by atoms with Gasteiger partial charge in [0.2, 0.25) is 0 Å². The van der Waals surface area contributed by atoms with Gasteiger partial charge in [0.1, 0.15) is 0 Å². The van der Waals surface area contributed by atoms with Gasteiger partial charge in [0.15, 0.2) is 0 Å². The molecule has 1 fully saturated rings. The Labute approximate surface area is 70.7 Å². The van der Waals surface area contributed by atoms with E-state index in [0.29, 0.717) is 0 Å². The van der Waals surface area contributed by atoms with E-state index >= 15 is 0 Å². The molecule has 63 valence electrons. The fraction of sp³-hybridized carbons (Fsp3) is 0.818. The van der Waals surface area contributed by atoms with Gasteiger partial charge in [0.05, 0.1) is 0 Å². The summed E-state index contributed by atoms with van der Waals surface area (Å²) < 4.78 is 0. The predicted octanol–water partition coefficient (Wildman–Crippen LogP) is 3.87. The van der Waals surface area contributed by atoms with E-state index in [1.165, 1.54) is 51.4 Å². The van der Waals surface area contributed by atoms with Gasteiger partial charge in [-0.15, -0.1) is 0 Å². The Bertz CT molecular complexity index is 112. The van der Waals surface area contributed by atoms with Crippen LogP contribution in [0.4, 0.5) is 0 Å². The molecule has 11 heavy (non-hydrogen) atoms. The van der Waals surface area contributed by atoms with E-state index < -0.39 is 0 Å². The standard InChI is InChI=1S/C11H19/c1-2-3-8-11-9-6-4-5-7-10-11/h2-7,9-10H2,1H3. The van der Waals surface area contributed by atoms with Crippen molar-refractivity contribution < 1.29 is 0 Å². The van der Waals surface area contributed by atoms with Gasteiger partial charge in [-0.2, -0.15) is 0 Å². The third kappa shape index (κ3) is 3.60. The summed E-state index contributed by atoms with van der Waals surface area (Å²) >= 11 is 0. The van der Waals surface area contributed by atoms with Crippen molar-refractivity contribution in [1.29, 1.82) is 0 Å². The monoisotopic (exact) mass is 151 g/mol. The minimum absolute atomic E-state index is 1.18. The van der Waals surface area contributed by atoms with Gasteiger partial charge in [-0.05, 0) is 38.2 Å². The van der Waals surface area contributed by atoms with Crippen LogP contribution >= 0.6 is 0 Å². The number of hydrogen-bond acceptors (Lipinski definition) is 0. The first-order chi connectivity index (χ1) is 5.43. The molecule has 1 aliphatic rings. The zero-order chi connectivity index (χ0) is 7.94. The molecular weight excluding hydrogens is 132 g/mol. The van der Waals surface area contributed by atoms with E-state index in [1.54, 1.807) is 5.57 Å². The summed E-state index contributed by atoms with van der Waals surface area (Å²) in [7, 11) is 0. The van der Waals surface area contributed by atoms with E-state index in [2.05, 4.69) is 13.0 Å². The molecule has 0 aromatic carbocycles. The SMILES string of the molecule is CCC[C]=C1CCCCCC1. The van der Waals surface area contributed by atoms with Gasteiger partial charge >= 0.3 is 0 Å². The molecule has 1 rings (SSSR count). The topological polar surface area (TPSA) is 0 Å². The maximum atomic E-state index is 3.53. The van der Waals surface area contributed by atoms with Crippen LogP contribution in [0.2, 0.25) is 0 Å². The maximum Gasteiger partial charge on any atom is -0.0279 e. The van der Waals surface area contributed by atoms with Gasteiger partial charge in [0, 0.05) is 0 Å². The molecule has 0 heterocycles. The molecule has 0 aromatic heterocycles. The third-order valence-electron chi connectivity index (χ3n) is 2.33. The van der Waals surface area contributed by atoms with Gasteiger partial charge < -0.3 is 0 Å². The lowest BCUT2D eigenvalue weighted by molar-refractivity contribution is 0.702. The zero-order valence-electron chi connectivity index (χ0n) is 7.66. The predicted molar refractivity (Wildman–Crippen MR) is 49.4 cm³/mol. The minimum atomic E-state index is 1.18. The highest BCUT2D eigenvalue weighted by Crippen LogP contribution is 2.21. The van der Waals surface area contributed by atoms with E-state index in [4.69, 9.17) is 0 Å². The second kappa shape index (κ2) is 5.40. The molecule has 1 aliphatic carbocycles. The smallest absolute Gasteiger partial charge is 0.0279 e. The Morgan fingerprint density at radius 1 is 1.09 bits per heavy atom. The van der Waals surface area contributed by atoms with Crippen LogP contribution in [0, 0.1) is 6.08 Å². The molecule has 0 amide bonds. The fourth-order valence-electron chi connectivity index (χ4n) is 1.63. The first-order valence-electron chi connectivity index (χ1n) is 5.02. The molecule has 1 saturated carbocycles. The van der Waals surface area contributed by atoms with Crippen molar-refractivity contribution in [1.82, 2.24) is 0 Å². The van der Waals surface area contributed by atoms with Crippen molar-refractivity contribution in [3.05, 3.63) is 11.6 Å². The van der Waals surface area contributed by atoms with Gasteiger partial charge in [-0.3, -0.25) is 0 Å². The molecule has 0 heteroatoms. The fourth-order valence-corrected chi connectivity index (χ4v) is 1.63. The molecule has 0 unspecified atom stereocenters. The van der Waals surface area contributed by atoms with Crippen molar-refractivity contribution in [3.63, 3.8) is 0 Å². The van der Waals surface area contributed by atoms with Crippen LogP contribution in [-0.2, 0) is 0 Å². The van der Waals surface area contributed by atoms with Crippen molar-refractivity contribution in [3.8, 4) is 0 Å². The Balaban J connectivity index is 2.29. The summed E-state index contributed by atoms with van der Waals surface area (Å²) in [4.78, 5) is 0. The normalized spacial score (nSPS) is 19.5. The average molecular weight is 151 g/mol. The van der Waals surface area contributed by atoms with E-state index in [1.807, 2.05) is 0 Å². The van der Waals surface area contributed by atoms with Gasteiger partial charge in [-0.25, -0.2) is 0 Å². The number of rotatable bonds is 2. The van der Waals surface area contributed by atoms with Crippen LogP contribution in [0.5, 0.6) is 0 Å². The van der Waals surface area contributed by atoms with Crippen molar-refractivity contribution in [2.24, 2.45) is 0 Å². The third-order valence-corrected chi connectivity index (χ3v) is 2.33. The Hall–Kier alpha value is -0.260. The molecule has 0 N–H and O–H groups in total. The van der Waals surface area contributed by atoms with Gasteiger partial charge in [-0.1, -0.05) is 31.8 Å². The summed E-state index contributed by atoms with van der Waals surface area (Å²) in [6, 6.07) is 0. The van der Waals surface area contributed by atoms with Crippen LogP contribution in [-0.4, -0.2) is 0 Å². The summed E-state index contributed by atoms with van der Waals surface area (Å²) in [6.45, 7) is 2.23. The summed E-state index contributed by atoms with van der Waals surface area (Å²) in [6.07, 6.45) is 14.3. The number of unbranched alkanes of at least 4 members (excludes halogenated alkanes) is 1. The summed E-state index contributed by atoms with van der Waals surface area (Å²) in [5.41, 5.74) is 1.62. The molecule has 0 nitrogen and oxygen atoms in total. The molecule has 0 aromatic rings. The van der Waals surface area contributed by atoms with Crippen LogP contribution < -0.4 is 0 Å². The molecule has 0 spiro atoms. The Morgan fingerprint density at radius 2 is 1.73 bits per heavy atom. The lowest BCUT2D eigenvalue weighted by Gasteiger charge is -1.99. The molecular formula is C11H19. The largest absolute Gasteiger partial charge is 0.0667 e. The average Bonchev–Trinajstić information content (AvgIpc) is 2.28.